The van der Waals surface area contributed by atoms with E-state index in [1.165, 1.54) is 5.56 Å². The zero-order valence-corrected chi connectivity index (χ0v) is 14.1. The Kier molecular flexibility index (Phi) is 3.54. The first-order valence-corrected chi connectivity index (χ1v) is 7.97. The second-order valence-electron chi connectivity index (χ2n) is 7.43. The number of ether oxygens (including phenoxy) is 1. The van der Waals surface area contributed by atoms with Crippen molar-refractivity contribution in [3.63, 3.8) is 0 Å². The Bertz CT molecular complexity index is 594. The molecule has 2 aliphatic rings. The number of rotatable bonds is 0. The lowest BCUT2D eigenvalue weighted by Crippen LogP contribution is -2.58. The van der Waals surface area contributed by atoms with Crippen molar-refractivity contribution in [1.82, 2.24) is 9.88 Å². The summed E-state index contributed by atoms with van der Waals surface area (Å²) in [4.78, 5) is 21.3. The van der Waals surface area contributed by atoms with Crippen LogP contribution in [0.5, 0.6) is 0 Å². The number of aryl methyl sites for hydroxylation is 1. The van der Waals surface area contributed by atoms with E-state index in [0.29, 0.717) is 19.1 Å². The first kappa shape index (κ1) is 15.1. The van der Waals surface area contributed by atoms with E-state index in [2.05, 4.69) is 24.0 Å². The third kappa shape index (κ3) is 2.76. The maximum absolute atomic E-state index is 12.3. The van der Waals surface area contributed by atoms with E-state index in [1.807, 2.05) is 32.6 Å². The van der Waals surface area contributed by atoms with Gasteiger partial charge in [0.15, 0.2) is 0 Å². The third-order valence-electron chi connectivity index (χ3n) is 4.23. The van der Waals surface area contributed by atoms with E-state index in [0.717, 1.165) is 17.9 Å². The van der Waals surface area contributed by atoms with Crippen LogP contribution >= 0.6 is 0 Å². The molecular formula is C17H25N3O2. The molecule has 1 aromatic rings. The molecule has 0 unspecified atom stereocenters. The van der Waals surface area contributed by atoms with Crippen LogP contribution in [0, 0.1) is 6.92 Å². The van der Waals surface area contributed by atoms with Crippen LogP contribution in [0.4, 0.5) is 10.6 Å². The van der Waals surface area contributed by atoms with Crippen LogP contribution in [0.25, 0.3) is 0 Å². The highest BCUT2D eigenvalue weighted by atomic mass is 16.6. The second kappa shape index (κ2) is 5.14. The molecule has 1 amide bonds. The number of piperazine rings is 1. The molecule has 5 nitrogen and oxygen atoms in total. The lowest BCUT2D eigenvalue weighted by molar-refractivity contribution is 0.0191. The van der Waals surface area contributed by atoms with E-state index >= 15 is 0 Å². The van der Waals surface area contributed by atoms with Gasteiger partial charge >= 0.3 is 6.09 Å². The highest BCUT2D eigenvalue weighted by Crippen LogP contribution is 2.35. The van der Waals surface area contributed by atoms with Gasteiger partial charge < -0.3 is 14.5 Å². The summed E-state index contributed by atoms with van der Waals surface area (Å²) < 4.78 is 5.52. The van der Waals surface area contributed by atoms with Crippen molar-refractivity contribution in [3.05, 3.63) is 23.4 Å². The van der Waals surface area contributed by atoms with E-state index < -0.39 is 5.60 Å². The Labute approximate surface area is 132 Å². The van der Waals surface area contributed by atoms with Crippen LogP contribution in [0.1, 0.15) is 39.0 Å². The van der Waals surface area contributed by atoms with Crippen molar-refractivity contribution in [2.75, 3.05) is 18.0 Å². The normalized spacial score (nSPS) is 24.0. The van der Waals surface area contributed by atoms with Crippen LogP contribution in [-0.4, -0.2) is 46.8 Å². The van der Waals surface area contributed by atoms with E-state index in [9.17, 15) is 4.79 Å². The Balaban J connectivity index is 1.78. The fourth-order valence-corrected chi connectivity index (χ4v) is 3.41. The number of amides is 1. The van der Waals surface area contributed by atoms with E-state index in [4.69, 9.17) is 9.72 Å². The summed E-state index contributed by atoms with van der Waals surface area (Å²) in [5.41, 5.74) is 1.88. The summed E-state index contributed by atoms with van der Waals surface area (Å²) >= 11 is 0. The minimum Gasteiger partial charge on any atom is -0.444 e. The van der Waals surface area contributed by atoms with Gasteiger partial charge in [0.2, 0.25) is 0 Å². The van der Waals surface area contributed by atoms with Gasteiger partial charge in [-0.25, -0.2) is 9.78 Å². The van der Waals surface area contributed by atoms with Gasteiger partial charge in [0.1, 0.15) is 11.4 Å². The van der Waals surface area contributed by atoms with E-state index in [1.54, 1.807) is 0 Å². The summed E-state index contributed by atoms with van der Waals surface area (Å²) in [6.45, 7) is 11.3. The van der Waals surface area contributed by atoms with Gasteiger partial charge in [-0.05, 0) is 52.7 Å². The van der Waals surface area contributed by atoms with Crippen molar-refractivity contribution >= 4 is 11.9 Å². The maximum atomic E-state index is 12.3. The quantitative estimate of drug-likeness (QED) is 0.739. The van der Waals surface area contributed by atoms with Crippen molar-refractivity contribution in [2.24, 2.45) is 0 Å². The topological polar surface area (TPSA) is 45.7 Å². The summed E-state index contributed by atoms with van der Waals surface area (Å²) in [6, 6.07) is 4.79. The molecule has 3 rings (SSSR count). The van der Waals surface area contributed by atoms with Crippen LogP contribution < -0.4 is 4.90 Å². The fraction of sp³-hybridized carbons (Fsp3) is 0.647. The molecule has 2 aliphatic heterocycles. The van der Waals surface area contributed by atoms with Gasteiger partial charge in [-0.15, -0.1) is 0 Å². The highest BCUT2D eigenvalue weighted by Gasteiger charge is 2.41. The Morgan fingerprint density at radius 1 is 1.32 bits per heavy atom. The van der Waals surface area contributed by atoms with Crippen molar-refractivity contribution < 1.29 is 9.53 Å². The minimum atomic E-state index is -0.450. The summed E-state index contributed by atoms with van der Waals surface area (Å²) in [5, 5.41) is 0. The molecule has 0 radical (unpaired) electrons. The predicted octanol–water partition coefficient (Wildman–Crippen LogP) is 2.76. The van der Waals surface area contributed by atoms with Crippen LogP contribution in [-0.2, 0) is 11.2 Å². The van der Waals surface area contributed by atoms with Crippen LogP contribution in [0.2, 0.25) is 0 Å². The average Bonchev–Trinajstić information content (AvgIpc) is 2.74. The highest BCUT2D eigenvalue weighted by molar-refractivity contribution is 5.69. The summed E-state index contributed by atoms with van der Waals surface area (Å²) in [7, 11) is 0. The smallest absolute Gasteiger partial charge is 0.410 e. The molecule has 0 saturated carbocycles. The molecule has 2 atom stereocenters. The number of carbonyl (C=O) groups excluding carboxylic acids is 1. The van der Waals surface area contributed by atoms with Crippen LogP contribution in [0.15, 0.2) is 12.1 Å². The molecule has 0 spiro atoms. The van der Waals surface area contributed by atoms with Crippen LogP contribution in [0.3, 0.4) is 0 Å². The number of carbonyl (C=O) groups is 1. The van der Waals surface area contributed by atoms with E-state index in [-0.39, 0.29) is 12.1 Å². The number of pyridine rings is 1. The first-order valence-electron chi connectivity index (χ1n) is 7.97. The monoisotopic (exact) mass is 303 g/mol. The first-order chi connectivity index (χ1) is 10.2. The van der Waals surface area contributed by atoms with Crippen molar-refractivity contribution in [3.8, 4) is 0 Å². The van der Waals surface area contributed by atoms with Gasteiger partial charge in [-0.3, -0.25) is 0 Å². The largest absolute Gasteiger partial charge is 0.444 e. The van der Waals surface area contributed by atoms with Gasteiger partial charge in [0, 0.05) is 24.8 Å². The van der Waals surface area contributed by atoms with Gasteiger partial charge in [-0.1, -0.05) is 6.07 Å². The second-order valence-corrected chi connectivity index (χ2v) is 7.43. The number of hydrogen-bond acceptors (Lipinski definition) is 4. The predicted molar refractivity (Wildman–Crippen MR) is 86.2 cm³/mol. The van der Waals surface area contributed by atoms with Crippen molar-refractivity contribution in [1.29, 1.82) is 0 Å². The standard InChI is InChI=1S/C17H25N3O2/c1-11-6-7-13-8-14-10-19(16(21)22-17(3,4)5)9-12(2)20(14)15(13)18-11/h6-7,12,14H,8-10H2,1-5H3/t12-,14-/m1/s1. The van der Waals surface area contributed by atoms with Crippen molar-refractivity contribution in [2.45, 2.75) is 58.7 Å². The molecule has 1 aromatic heterocycles. The van der Waals surface area contributed by atoms with Gasteiger partial charge in [-0.2, -0.15) is 0 Å². The number of anilines is 1. The molecule has 1 fully saturated rings. The SMILES string of the molecule is Cc1ccc2c(n1)N1[C@H](C2)CN(C(=O)OC(C)(C)C)C[C@H]1C. The Morgan fingerprint density at radius 3 is 2.73 bits per heavy atom. The minimum absolute atomic E-state index is 0.209. The molecule has 3 heterocycles. The lowest BCUT2D eigenvalue weighted by Gasteiger charge is -2.43. The fourth-order valence-electron chi connectivity index (χ4n) is 3.41. The number of fused-ring (bicyclic) bond motifs is 3. The number of nitrogens with zero attached hydrogens (tertiary/aromatic N) is 3. The molecule has 22 heavy (non-hydrogen) atoms. The number of hydrogen-bond donors (Lipinski definition) is 0. The summed E-state index contributed by atoms with van der Waals surface area (Å²) in [5.74, 6) is 1.10. The molecule has 1 saturated heterocycles. The lowest BCUT2D eigenvalue weighted by atomic mass is 10.1. The molecule has 0 aromatic carbocycles. The molecule has 0 aliphatic carbocycles. The zero-order valence-electron chi connectivity index (χ0n) is 14.1. The molecule has 5 heteroatoms. The Morgan fingerprint density at radius 2 is 2.05 bits per heavy atom. The molecular weight excluding hydrogens is 278 g/mol. The van der Waals surface area contributed by atoms with Gasteiger partial charge in [0.05, 0.1) is 6.04 Å². The Hall–Kier alpha value is -1.78. The summed E-state index contributed by atoms with van der Waals surface area (Å²) in [6.07, 6.45) is 0.741. The molecule has 120 valence electrons. The molecule has 0 N–H and O–H groups in total. The maximum Gasteiger partial charge on any atom is 0.410 e. The molecule has 0 bridgehead atoms. The zero-order chi connectivity index (χ0) is 16.1. The van der Waals surface area contributed by atoms with Gasteiger partial charge in [0.25, 0.3) is 0 Å². The average molecular weight is 303 g/mol. The number of aromatic nitrogens is 1. The third-order valence-corrected chi connectivity index (χ3v) is 4.23.